The molecule has 0 radical (unpaired) electrons. The van der Waals surface area contributed by atoms with Gasteiger partial charge in [0.2, 0.25) is 5.82 Å². The fraction of sp³-hybridized carbons (Fsp3) is 0.143. The van der Waals surface area contributed by atoms with Crippen LogP contribution in [0.25, 0.3) is 0 Å². The van der Waals surface area contributed by atoms with Gasteiger partial charge in [0.15, 0.2) is 23.3 Å². The zero-order valence-corrected chi connectivity index (χ0v) is 9.09. The minimum absolute atomic E-state index is 0.0618. The molecule has 0 unspecified atom stereocenters. The Balaban J connectivity index is 0.000000362. The molecule has 0 aliphatic heterocycles. The van der Waals surface area contributed by atoms with Crippen LogP contribution in [0.1, 0.15) is 0 Å². The lowest BCUT2D eigenvalue weighted by Crippen LogP contribution is -2.21. The molecule has 1 rings (SSSR count). The summed E-state index contributed by atoms with van der Waals surface area (Å²) in [7, 11) is -5.84. The van der Waals surface area contributed by atoms with E-state index in [0.29, 0.717) is 0 Å². The molecule has 0 spiro atoms. The van der Waals surface area contributed by atoms with Crippen molar-refractivity contribution in [2.45, 2.75) is 5.51 Å². The van der Waals surface area contributed by atoms with E-state index in [1.807, 2.05) is 0 Å². The maximum absolute atomic E-state index is 12.0. The van der Waals surface area contributed by atoms with Gasteiger partial charge in [-0.3, -0.25) is 4.55 Å². The second-order valence-electron chi connectivity index (χ2n) is 2.70. The van der Waals surface area contributed by atoms with Crippen LogP contribution in [-0.2, 0) is 10.1 Å². The molecule has 0 aliphatic carbocycles. The zero-order chi connectivity index (χ0) is 15.6. The van der Waals surface area contributed by atoms with Crippen LogP contribution >= 0.6 is 0 Å². The number of benzene rings is 1. The maximum atomic E-state index is 12.0. The Morgan fingerprint density at radius 3 is 1.32 bits per heavy atom. The summed E-state index contributed by atoms with van der Waals surface area (Å²) in [5.74, 6) is -9.65. The average molecular weight is 318 g/mol. The minimum atomic E-state index is -5.84. The van der Waals surface area contributed by atoms with E-state index in [9.17, 15) is 35.1 Å². The Bertz CT molecular complexity index is 538. The highest BCUT2D eigenvalue weighted by atomic mass is 32.2. The molecule has 110 valence electrons. The second kappa shape index (κ2) is 5.69. The summed E-state index contributed by atoms with van der Waals surface area (Å²) in [4.78, 5) is 0. The van der Waals surface area contributed by atoms with Crippen LogP contribution in [0.4, 0.5) is 35.1 Å². The van der Waals surface area contributed by atoms with E-state index in [-0.39, 0.29) is 6.07 Å². The molecule has 1 aromatic rings. The molecule has 12 heteroatoms. The number of hydrogen-bond donors (Lipinski definition) is 1. The Labute approximate surface area is 99.8 Å². The quantitative estimate of drug-likeness (QED) is 0.263. The first kappa shape index (κ1) is 17.6. The summed E-state index contributed by atoms with van der Waals surface area (Å²) in [6.45, 7) is 0. The molecule has 3 nitrogen and oxygen atoms in total. The second-order valence-corrected chi connectivity index (χ2v) is 4.12. The van der Waals surface area contributed by atoms with Gasteiger partial charge in [-0.15, -0.1) is 0 Å². The summed E-state index contributed by atoms with van der Waals surface area (Å²) >= 11 is 0. The van der Waals surface area contributed by atoms with Crippen molar-refractivity contribution in [3.63, 3.8) is 0 Å². The summed E-state index contributed by atoms with van der Waals surface area (Å²) in [5, 5.41) is 0. The highest BCUT2D eigenvalue weighted by Gasteiger charge is 2.44. The monoisotopic (exact) mass is 318 g/mol. The first-order valence-corrected chi connectivity index (χ1v) is 5.25. The summed E-state index contributed by atoms with van der Waals surface area (Å²) < 4.78 is 118. The number of rotatable bonds is 0. The molecule has 1 N–H and O–H groups in total. The van der Waals surface area contributed by atoms with Gasteiger partial charge in [-0.05, 0) is 0 Å². The van der Waals surface area contributed by atoms with E-state index >= 15 is 0 Å². The molecule has 0 bridgehead atoms. The molecule has 0 aliphatic rings. The smallest absolute Gasteiger partial charge is 0.279 e. The molecule has 0 aromatic heterocycles. The van der Waals surface area contributed by atoms with Crippen molar-refractivity contribution in [3.05, 3.63) is 35.2 Å². The number of hydrogen-bond acceptors (Lipinski definition) is 2. The first-order valence-electron chi connectivity index (χ1n) is 3.81. The van der Waals surface area contributed by atoms with Gasteiger partial charge in [-0.2, -0.15) is 21.6 Å². The van der Waals surface area contributed by atoms with Gasteiger partial charge < -0.3 is 0 Å². The third kappa shape index (κ3) is 4.63. The lowest BCUT2D eigenvalue weighted by Gasteiger charge is -1.97. The van der Waals surface area contributed by atoms with Crippen molar-refractivity contribution >= 4 is 10.1 Å². The van der Waals surface area contributed by atoms with Gasteiger partial charge in [0.25, 0.3) is 0 Å². The Morgan fingerprint density at radius 2 is 1.11 bits per heavy atom. The third-order valence-corrected chi connectivity index (χ3v) is 1.94. The zero-order valence-electron chi connectivity index (χ0n) is 8.27. The van der Waals surface area contributed by atoms with Crippen molar-refractivity contribution in [1.29, 1.82) is 0 Å². The van der Waals surface area contributed by atoms with Crippen LogP contribution < -0.4 is 0 Å². The lowest BCUT2D eigenvalue weighted by atomic mass is 10.3. The third-order valence-electron chi connectivity index (χ3n) is 1.35. The molecule has 0 saturated carbocycles. The average Bonchev–Trinajstić information content (AvgIpc) is 2.22. The maximum Gasteiger partial charge on any atom is 0.522 e. The van der Waals surface area contributed by atoms with E-state index < -0.39 is 44.7 Å². The normalized spacial score (nSPS) is 11.8. The minimum Gasteiger partial charge on any atom is -0.279 e. The van der Waals surface area contributed by atoms with Crippen LogP contribution in [0.3, 0.4) is 0 Å². The topological polar surface area (TPSA) is 54.4 Å². The van der Waals surface area contributed by atoms with Crippen molar-refractivity contribution < 1.29 is 48.1 Å². The summed E-state index contributed by atoms with van der Waals surface area (Å²) in [6.07, 6.45) is 0. The molecule has 19 heavy (non-hydrogen) atoms. The van der Waals surface area contributed by atoms with E-state index in [4.69, 9.17) is 13.0 Å². The van der Waals surface area contributed by atoms with Crippen LogP contribution in [0.5, 0.6) is 0 Å². The first-order chi connectivity index (χ1) is 8.29. The fourth-order valence-corrected chi connectivity index (χ4v) is 0.544. The van der Waals surface area contributed by atoms with Gasteiger partial charge in [0, 0.05) is 6.07 Å². The van der Waals surface area contributed by atoms with Crippen LogP contribution in [0, 0.1) is 29.1 Å². The highest BCUT2D eigenvalue weighted by molar-refractivity contribution is 7.86. The van der Waals surface area contributed by atoms with Crippen molar-refractivity contribution in [3.8, 4) is 0 Å². The van der Waals surface area contributed by atoms with Crippen LogP contribution in [0.2, 0.25) is 0 Å². The number of halogens is 8. The Kier molecular flexibility index (Phi) is 5.26. The van der Waals surface area contributed by atoms with E-state index in [0.717, 1.165) is 0 Å². The highest BCUT2D eigenvalue weighted by Crippen LogP contribution is 2.20. The van der Waals surface area contributed by atoms with Gasteiger partial charge in [0.1, 0.15) is 0 Å². The van der Waals surface area contributed by atoms with E-state index in [1.165, 1.54) is 0 Å². The molecule has 1 aromatic carbocycles. The SMILES string of the molecule is Fc1cc(F)c(F)c(F)c1F.O=S(=O)(O)C(F)(F)F. The molecule has 0 amide bonds. The fourth-order valence-electron chi connectivity index (χ4n) is 0.544. The molecule has 0 fully saturated rings. The predicted molar refractivity (Wildman–Crippen MR) is 43.8 cm³/mol. The largest absolute Gasteiger partial charge is 0.522 e. The van der Waals surface area contributed by atoms with Crippen LogP contribution in [-0.4, -0.2) is 18.5 Å². The van der Waals surface area contributed by atoms with Crippen molar-refractivity contribution in [2.24, 2.45) is 0 Å². The molecule has 0 atom stereocenters. The standard InChI is InChI=1S/C6HF5.CHF3O3S/c7-2-1-3(8)5(10)6(11)4(2)9;2-1(3,4)8(5,6)7/h1H;(H,5,6,7). The number of alkyl halides is 3. The van der Waals surface area contributed by atoms with Gasteiger partial charge in [-0.25, -0.2) is 22.0 Å². The van der Waals surface area contributed by atoms with E-state index in [2.05, 4.69) is 0 Å². The van der Waals surface area contributed by atoms with Crippen molar-refractivity contribution in [1.82, 2.24) is 0 Å². The predicted octanol–water partition coefficient (Wildman–Crippen LogP) is 2.78. The van der Waals surface area contributed by atoms with Crippen LogP contribution in [0.15, 0.2) is 6.07 Å². The van der Waals surface area contributed by atoms with Crippen molar-refractivity contribution in [2.75, 3.05) is 0 Å². The van der Waals surface area contributed by atoms with Gasteiger partial charge >= 0.3 is 15.6 Å². The molecular formula is C7H2F8O3S. The molecule has 0 saturated heterocycles. The molecular weight excluding hydrogens is 316 g/mol. The Morgan fingerprint density at radius 1 is 0.842 bits per heavy atom. The lowest BCUT2D eigenvalue weighted by molar-refractivity contribution is -0.0510. The Hall–Kier alpha value is -1.43. The van der Waals surface area contributed by atoms with Gasteiger partial charge in [0.05, 0.1) is 0 Å². The molecule has 0 heterocycles. The van der Waals surface area contributed by atoms with Gasteiger partial charge in [-0.1, -0.05) is 0 Å². The summed E-state index contributed by atoms with van der Waals surface area (Å²) in [6, 6.07) is -0.0618. The van der Waals surface area contributed by atoms with E-state index in [1.54, 1.807) is 0 Å². The summed E-state index contributed by atoms with van der Waals surface area (Å²) in [5.41, 5.74) is -5.53.